The van der Waals surface area contributed by atoms with Gasteiger partial charge in [0.2, 0.25) is 11.8 Å². The van der Waals surface area contributed by atoms with Crippen LogP contribution in [0.25, 0.3) is 0 Å². The molecule has 1 saturated carbocycles. The third-order valence-corrected chi connectivity index (χ3v) is 5.90. The van der Waals surface area contributed by atoms with E-state index in [-0.39, 0.29) is 42.7 Å². The van der Waals surface area contributed by atoms with E-state index in [1.807, 2.05) is 18.2 Å². The zero-order valence-corrected chi connectivity index (χ0v) is 17.6. The molecule has 0 bridgehead atoms. The summed E-state index contributed by atoms with van der Waals surface area (Å²) in [5, 5.41) is 5.73. The molecule has 2 N–H and O–H groups in total. The molecule has 2 aliphatic rings. The van der Waals surface area contributed by atoms with Gasteiger partial charge in [-0.3, -0.25) is 14.9 Å². The minimum absolute atomic E-state index is 0.110. The Morgan fingerprint density at radius 3 is 2.53 bits per heavy atom. The molecule has 3 atom stereocenters. The van der Waals surface area contributed by atoms with Gasteiger partial charge in [-0.25, -0.2) is 9.18 Å². The maximum absolute atomic E-state index is 13.2. The van der Waals surface area contributed by atoms with E-state index in [0.717, 1.165) is 19.3 Å². The summed E-state index contributed by atoms with van der Waals surface area (Å²) >= 11 is 0. The van der Waals surface area contributed by atoms with E-state index in [9.17, 15) is 18.8 Å². The molecule has 168 valence electrons. The second kappa shape index (κ2) is 9.80. The Kier molecular flexibility index (Phi) is 6.68. The molecule has 2 aromatic rings. The predicted molar refractivity (Wildman–Crippen MR) is 118 cm³/mol. The molecule has 32 heavy (non-hydrogen) atoms. The van der Waals surface area contributed by atoms with Crippen LogP contribution in [-0.4, -0.2) is 36.6 Å². The van der Waals surface area contributed by atoms with Gasteiger partial charge < -0.3 is 15.0 Å². The van der Waals surface area contributed by atoms with Crippen LogP contribution in [-0.2, 0) is 14.3 Å². The lowest BCUT2D eigenvalue weighted by Gasteiger charge is -2.30. The molecule has 7 nitrogen and oxygen atoms in total. The fraction of sp³-hybridized carbons (Fsp3) is 0.375. The largest absolute Gasteiger partial charge is 0.446 e. The van der Waals surface area contributed by atoms with Crippen molar-refractivity contribution >= 4 is 29.3 Å². The standard InChI is InChI=1S/C24H26FN3O4/c25-17-9-11-20(12-10-17)28-15-16(13-22(28)29)23(30)26-19-7-4-8-21(14-19)32-24(31)27-18-5-2-1-3-6-18/h1-3,5-6,9-12,16,19,21H,4,7-8,13-15H2,(H,26,30)(H,27,31). The van der Waals surface area contributed by atoms with Crippen LogP contribution >= 0.6 is 0 Å². The number of hydrogen-bond donors (Lipinski definition) is 2. The van der Waals surface area contributed by atoms with Gasteiger partial charge in [0.25, 0.3) is 0 Å². The Bertz CT molecular complexity index is 967. The summed E-state index contributed by atoms with van der Waals surface area (Å²) in [7, 11) is 0. The number of hydrogen-bond acceptors (Lipinski definition) is 4. The van der Waals surface area contributed by atoms with Crippen molar-refractivity contribution in [2.24, 2.45) is 5.92 Å². The number of benzene rings is 2. The van der Waals surface area contributed by atoms with Gasteiger partial charge in [0.05, 0.1) is 5.92 Å². The second-order valence-corrected chi connectivity index (χ2v) is 8.27. The lowest BCUT2D eigenvalue weighted by atomic mass is 9.92. The van der Waals surface area contributed by atoms with Crippen LogP contribution in [0.15, 0.2) is 54.6 Å². The Balaban J connectivity index is 1.27. The number of rotatable bonds is 5. The number of anilines is 2. The minimum atomic E-state index is -0.510. The average molecular weight is 439 g/mol. The number of amides is 3. The molecule has 8 heteroatoms. The number of ether oxygens (including phenoxy) is 1. The number of nitrogens with zero attached hydrogens (tertiary/aromatic N) is 1. The molecule has 1 aliphatic carbocycles. The zero-order chi connectivity index (χ0) is 22.5. The van der Waals surface area contributed by atoms with E-state index in [2.05, 4.69) is 10.6 Å². The summed E-state index contributed by atoms with van der Waals surface area (Å²) in [4.78, 5) is 38.8. The van der Waals surface area contributed by atoms with Crippen molar-refractivity contribution in [1.82, 2.24) is 5.32 Å². The van der Waals surface area contributed by atoms with Crippen molar-refractivity contribution < 1.29 is 23.5 Å². The maximum Gasteiger partial charge on any atom is 0.411 e. The van der Waals surface area contributed by atoms with Crippen molar-refractivity contribution in [3.63, 3.8) is 0 Å². The average Bonchev–Trinajstić information content (AvgIpc) is 3.17. The number of carbonyl (C=O) groups is 3. The predicted octanol–water partition coefficient (Wildman–Crippen LogP) is 3.85. The number of nitrogens with one attached hydrogen (secondary N) is 2. The van der Waals surface area contributed by atoms with E-state index in [1.165, 1.54) is 29.2 Å². The highest BCUT2D eigenvalue weighted by molar-refractivity contribution is 6.00. The van der Waals surface area contributed by atoms with Crippen LogP contribution in [0.3, 0.4) is 0 Å². The normalized spacial score (nSPS) is 23.0. The molecule has 3 amide bonds. The summed E-state index contributed by atoms with van der Waals surface area (Å²) in [5.41, 5.74) is 1.25. The van der Waals surface area contributed by atoms with Crippen LogP contribution in [0, 0.1) is 11.7 Å². The van der Waals surface area contributed by atoms with E-state index in [4.69, 9.17) is 4.74 Å². The Labute approximate surface area is 185 Å². The monoisotopic (exact) mass is 439 g/mol. The highest BCUT2D eigenvalue weighted by Crippen LogP contribution is 2.27. The molecule has 3 unspecified atom stereocenters. The third kappa shape index (κ3) is 5.43. The highest BCUT2D eigenvalue weighted by Gasteiger charge is 2.36. The molecule has 2 fully saturated rings. The van der Waals surface area contributed by atoms with Gasteiger partial charge in [0.1, 0.15) is 11.9 Å². The molecule has 0 aromatic heterocycles. The third-order valence-electron chi connectivity index (χ3n) is 5.90. The van der Waals surface area contributed by atoms with Gasteiger partial charge in [-0.15, -0.1) is 0 Å². The lowest BCUT2D eigenvalue weighted by Crippen LogP contribution is -2.44. The van der Waals surface area contributed by atoms with Crippen molar-refractivity contribution in [2.75, 3.05) is 16.8 Å². The van der Waals surface area contributed by atoms with Crippen molar-refractivity contribution in [2.45, 2.75) is 44.2 Å². The fourth-order valence-electron chi connectivity index (χ4n) is 4.28. The molecule has 1 heterocycles. The second-order valence-electron chi connectivity index (χ2n) is 8.27. The van der Waals surface area contributed by atoms with Gasteiger partial charge >= 0.3 is 6.09 Å². The first-order chi connectivity index (χ1) is 15.5. The Hall–Kier alpha value is -3.42. The summed E-state index contributed by atoms with van der Waals surface area (Å²) < 4.78 is 18.7. The quantitative estimate of drug-likeness (QED) is 0.741. The van der Waals surface area contributed by atoms with Crippen molar-refractivity contribution in [1.29, 1.82) is 0 Å². The molecular weight excluding hydrogens is 413 g/mol. The van der Waals surface area contributed by atoms with E-state index < -0.39 is 12.0 Å². The first-order valence-electron chi connectivity index (χ1n) is 10.9. The van der Waals surface area contributed by atoms with Gasteiger partial charge in [-0.05, 0) is 55.7 Å². The van der Waals surface area contributed by atoms with Crippen molar-refractivity contribution in [3.8, 4) is 0 Å². The minimum Gasteiger partial charge on any atom is -0.446 e. The SMILES string of the molecule is O=C(Nc1ccccc1)OC1CCCC(NC(=O)C2CC(=O)N(c3ccc(F)cc3)C2)C1. The van der Waals surface area contributed by atoms with Crippen LogP contribution in [0.4, 0.5) is 20.6 Å². The maximum atomic E-state index is 13.2. The topological polar surface area (TPSA) is 87.7 Å². The molecule has 1 aliphatic heterocycles. The summed E-state index contributed by atoms with van der Waals surface area (Å²) in [6, 6.07) is 14.6. The lowest BCUT2D eigenvalue weighted by molar-refractivity contribution is -0.127. The molecule has 4 rings (SSSR count). The number of carbonyl (C=O) groups excluding carboxylic acids is 3. The molecular formula is C24H26FN3O4. The van der Waals surface area contributed by atoms with Crippen LogP contribution in [0.5, 0.6) is 0 Å². The van der Waals surface area contributed by atoms with Gasteiger partial charge in [-0.2, -0.15) is 0 Å². The molecule has 0 spiro atoms. The van der Waals surface area contributed by atoms with E-state index in [0.29, 0.717) is 17.8 Å². The van der Waals surface area contributed by atoms with E-state index in [1.54, 1.807) is 12.1 Å². The zero-order valence-electron chi connectivity index (χ0n) is 17.6. The first kappa shape index (κ1) is 21.8. The van der Waals surface area contributed by atoms with Gasteiger partial charge in [0, 0.05) is 36.8 Å². The number of para-hydroxylation sites is 1. The Morgan fingerprint density at radius 2 is 1.78 bits per heavy atom. The van der Waals surface area contributed by atoms with Crippen molar-refractivity contribution in [3.05, 3.63) is 60.4 Å². The van der Waals surface area contributed by atoms with Crippen LogP contribution in [0.1, 0.15) is 32.1 Å². The van der Waals surface area contributed by atoms with Gasteiger partial charge in [-0.1, -0.05) is 18.2 Å². The summed E-state index contributed by atoms with van der Waals surface area (Å²) in [6.07, 6.45) is 2.25. The van der Waals surface area contributed by atoms with Gasteiger partial charge in [0.15, 0.2) is 0 Å². The molecule has 2 aromatic carbocycles. The van der Waals surface area contributed by atoms with E-state index >= 15 is 0 Å². The number of halogens is 1. The van der Waals surface area contributed by atoms with Crippen LogP contribution in [0.2, 0.25) is 0 Å². The molecule has 1 saturated heterocycles. The Morgan fingerprint density at radius 1 is 1.03 bits per heavy atom. The first-order valence-corrected chi connectivity index (χ1v) is 10.9. The summed E-state index contributed by atoms with van der Waals surface area (Å²) in [5.74, 6) is -1.17. The molecule has 0 radical (unpaired) electrons. The smallest absolute Gasteiger partial charge is 0.411 e. The highest BCUT2D eigenvalue weighted by atomic mass is 19.1. The summed E-state index contributed by atoms with van der Waals surface area (Å²) in [6.45, 7) is 0.266. The fourth-order valence-corrected chi connectivity index (χ4v) is 4.28. The van der Waals surface area contributed by atoms with Crippen LogP contribution < -0.4 is 15.5 Å².